The van der Waals surface area contributed by atoms with Gasteiger partial charge in [0, 0.05) is 25.9 Å². The van der Waals surface area contributed by atoms with Gasteiger partial charge in [0.05, 0.1) is 22.7 Å². The van der Waals surface area contributed by atoms with Gasteiger partial charge in [-0.15, -0.1) is 24.8 Å². The number of rotatable bonds is 13. The number of hydrogen-bond acceptors (Lipinski definition) is 4. The van der Waals surface area contributed by atoms with Gasteiger partial charge in [0.15, 0.2) is 0 Å². The van der Waals surface area contributed by atoms with Crippen LogP contribution >= 0.6 is 24.8 Å². The Bertz CT molecular complexity index is 443. The fraction of sp³-hybridized carbons (Fsp3) is 0.909. The summed E-state index contributed by atoms with van der Waals surface area (Å²) in [5, 5.41) is 6.89. The lowest BCUT2D eigenvalue weighted by Gasteiger charge is -2.09. The topological polar surface area (TPSA) is 48.8 Å². The van der Waals surface area contributed by atoms with Gasteiger partial charge < -0.3 is 10.6 Å². The molecule has 0 atom stereocenters. The summed E-state index contributed by atoms with van der Waals surface area (Å²) >= 11 is 0. The zero-order chi connectivity index (χ0) is 18.9. The van der Waals surface area contributed by atoms with Crippen LogP contribution in [-0.4, -0.2) is 35.8 Å². The highest BCUT2D eigenvalue weighted by Gasteiger charge is 2.23. The maximum absolute atomic E-state index is 4.73. The zero-order valence-corrected chi connectivity index (χ0v) is 20.2. The van der Waals surface area contributed by atoms with Gasteiger partial charge in [-0.25, -0.2) is 0 Å². The van der Waals surface area contributed by atoms with Gasteiger partial charge in [-0.2, -0.15) is 0 Å². The summed E-state index contributed by atoms with van der Waals surface area (Å²) in [4.78, 5) is 9.46. The first-order chi connectivity index (χ1) is 12.4. The minimum Gasteiger partial charge on any atom is -0.371 e. The van der Waals surface area contributed by atoms with Crippen LogP contribution in [0.5, 0.6) is 0 Å². The predicted octanol–water partition coefficient (Wildman–Crippen LogP) is 6.07. The molecule has 2 aliphatic heterocycles. The molecule has 0 fully saturated rings. The van der Waals surface area contributed by atoms with Gasteiger partial charge in [0.25, 0.3) is 0 Å². The molecule has 0 aliphatic carbocycles. The van der Waals surface area contributed by atoms with Crippen molar-refractivity contribution < 1.29 is 0 Å². The second-order valence-electron chi connectivity index (χ2n) is 9.48. The molecular formula is C22H44Cl2N4. The maximum Gasteiger partial charge on any atom is 0.0971 e. The van der Waals surface area contributed by atoms with Crippen molar-refractivity contribution in [2.75, 3.05) is 13.1 Å². The molecule has 0 bridgehead atoms. The summed E-state index contributed by atoms with van der Waals surface area (Å²) in [6, 6.07) is 0. The van der Waals surface area contributed by atoms with Gasteiger partial charge in [-0.3, -0.25) is 9.98 Å². The Morgan fingerprint density at radius 1 is 0.571 bits per heavy atom. The molecule has 2 rings (SSSR count). The van der Waals surface area contributed by atoms with Crippen LogP contribution in [0, 0.1) is 0 Å². The zero-order valence-electron chi connectivity index (χ0n) is 18.6. The van der Waals surface area contributed by atoms with E-state index < -0.39 is 0 Å². The summed E-state index contributed by atoms with van der Waals surface area (Å²) in [6.45, 7) is 10.8. The average Bonchev–Trinajstić information content (AvgIpc) is 3.09. The van der Waals surface area contributed by atoms with Crippen molar-refractivity contribution in [1.82, 2.24) is 10.6 Å². The van der Waals surface area contributed by atoms with E-state index in [1.165, 1.54) is 75.9 Å². The number of nitrogens with zero attached hydrogens (tertiary/aromatic N) is 2. The fourth-order valence-corrected chi connectivity index (χ4v) is 3.81. The standard InChI is InChI=1S/C22H42N4.2ClH/c1-21(2)17-23-19(25-21)15-13-11-9-7-5-6-8-10-12-14-16-20-24-18-22(3,4)26-20;;/h5-18H2,1-4H3,(H,23,25)(H,24,26);2*1H. The molecule has 0 saturated carbocycles. The van der Waals surface area contributed by atoms with Crippen molar-refractivity contribution in [2.45, 2.75) is 116 Å². The van der Waals surface area contributed by atoms with Crippen molar-refractivity contribution >= 4 is 36.5 Å². The second-order valence-corrected chi connectivity index (χ2v) is 9.48. The lowest BCUT2D eigenvalue weighted by Crippen LogP contribution is -2.26. The largest absolute Gasteiger partial charge is 0.371 e. The van der Waals surface area contributed by atoms with Gasteiger partial charge in [-0.1, -0.05) is 51.4 Å². The summed E-state index contributed by atoms with van der Waals surface area (Å²) < 4.78 is 0. The van der Waals surface area contributed by atoms with E-state index in [1.807, 2.05) is 0 Å². The Hall–Kier alpha value is -0.480. The smallest absolute Gasteiger partial charge is 0.0971 e. The lowest BCUT2D eigenvalue weighted by molar-refractivity contribution is 0.549. The SMILES string of the molecule is CC1(C)CNC(CCCCCCCCCCCCC2=NC(C)(C)CN2)=N1.Cl.Cl. The molecule has 0 unspecified atom stereocenters. The lowest BCUT2D eigenvalue weighted by atomic mass is 10.0. The summed E-state index contributed by atoms with van der Waals surface area (Å²) in [5.74, 6) is 2.47. The number of halogens is 2. The van der Waals surface area contributed by atoms with E-state index in [1.54, 1.807) is 0 Å². The Labute approximate surface area is 186 Å². The minimum atomic E-state index is 0. The van der Waals surface area contributed by atoms with Crippen molar-refractivity contribution in [2.24, 2.45) is 9.98 Å². The predicted molar refractivity (Wildman–Crippen MR) is 129 cm³/mol. The van der Waals surface area contributed by atoms with E-state index in [9.17, 15) is 0 Å². The Kier molecular flexibility index (Phi) is 13.5. The highest BCUT2D eigenvalue weighted by Crippen LogP contribution is 2.17. The Morgan fingerprint density at radius 3 is 1.11 bits per heavy atom. The average molecular weight is 436 g/mol. The number of amidine groups is 2. The molecule has 0 aromatic carbocycles. The number of aliphatic imine (C=N–C) groups is 2. The van der Waals surface area contributed by atoms with Crippen LogP contribution in [0.25, 0.3) is 0 Å². The molecule has 0 radical (unpaired) electrons. The van der Waals surface area contributed by atoms with E-state index >= 15 is 0 Å². The first-order valence-electron chi connectivity index (χ1n) is 11.0. The van der Waals surface area contributed by atoms with Crippen LogP contribution in [0.4, 0.5) is 0 Å². The van der Waals surface area contributed by atoms with Gasteiger partial charge in [0.1, 0.15) is 0 Å². The van der Waals surface area contributed by atoms with E-state index in [4.69, 9.17) is 9.98 Å². The van der Waals surface area contributed by atoms with Crippen LogP contribution in [0.15, 0.2) is 9.98 Å². The molecule has 0 amide bonds. The van der Waals surface area contributed by atoms with Crippen molar-refractivity contribution in [3.8, 4) is 0 Å². The minimum absolute atomic E-state index is 0. The molecule has 0 spiro atoms. The third-order valence-corrected chi connectivity index (χ3v) is 5.40. The van der Waals surface area contributed by atoms with Crippen LogP contribution < -0.4 is 10.6 Å². The third kappa shape index (κ3) is 11.5. The number of hydrogen-bond donors (Lipinski definition) is 2. The molecule has 0 saturated heterocycles. The number of nitrogens with one attached hydrogen (secondary N) is 2. The molecule has 4 nitrogen and oxygen atoms in total. The maximum atomic E-state index is 4.73. The van der Waals surface area contributed by atoms with Gasteiger partial charge in [0.2, 0.25) is 0 Å². The van der Waals surface area contributed by atoms with E-state index in [2.05, 4.69) is 38.3 Å². The van der Waals surface area contributed by atoms with Gasteiger partial charge in [-0.05, 0) is 40.5 Å². The highest BCUT2D eigenvalue weighted by atomic mass is 35.5. The molecule has 0 aromatic rings. The molecule has 2 N–H and O–H groups in total. The first-order valence-corrected chi connectivity index (χ1v) is 11.0. The normalized spacial score (nSPS) is 19.0. The van der Waals surface area contributed by atoms with Crippen LogP contribution in [-0.2, 0) is 0 Å². The second kappa shape index (κ2) is 13.7. The summed E-state index contributed by atoms with van der Waals surface area (Å²) in [6.07, 6.45) is 16.0. The van der Waals surface area contributed by atoms with Crippen molar-refractivity contribution in [3.05, 3.63) is 0 Å². The van der Waals surface area contributed by atoms with Gasteiger partial charge >= 0.3 is 0 Å². The van der Waals surface area contributed by atoms with E-state index in [0.717, 1.165) is 25.9 Å². The molecule has 28 heavy (non-hydrogen) atoms. The monoisotopic (exact) mass is 434 g/mol. The molecule has 2 aliphatic rings. The Morgan fingerprint density at radius 2 is 0.857 bits per heavy atom. The highest BCUT2D eigenvalue weighted by molar-refractivity contribution is 5.86. The summed E-state index contributed by atoms with van der Waals surface area (Å²) in [7, 11) is 0. The van der Waals surface area contributed by atoms with Crippen molar-refractivity contribution in [1.29, 1.82) is 0 Å². The van der Waals surface area contributed by atoms with E-state index in [-0.39, 0.29) is 35.9 Å². The molecule has 6 heteroatoms. The van der Waals surface area contributed by atoms with Crippen LogP contribution in [0.2, 0.25) is 0 Å². The Balaban J connectivity index is 0.00000364. The first kappa shape index (κ1) is 27.5. The molecule has 2 heterocycles. The van der Waals surface area contributed by atoms with E-state index in [0.29, 0.717) is 0 Å². The molecule has 0 aromatic heterocycles. The molecular weight excluding hydrogens is 391 g/mol. The van der Waals surface area contributed by atoms with Crippen LogP contribution in [0.3, 0.4) is 0 Å². The van der Waals surface area contributed by atoms with Crippen molar-refractivity contribution in [3.63, 3.8) is 0 Å². The quantitative estimate of drug-likeness (QED) is 0.345. The van der Waals surface area contributed by atoms with Crippen LogP contribution in [0.1, 0.15) is 105 Å². The third-order valence-electron chi connectivity index (χ3n) is 5.40. The summed E-state index contributed by atoms with van der Waals surface area (Å²) in [5.41, 5.74) is 0.236. The molecule has 166 valence electrons. The number of unbranched alkanes of at least 4 members (excludes halogenated alkanes) is 9. The fourth-order valence-electron chi connectivity index (χ4n) is 3.81.